The molecule has 2 aromatic rings. The van der Waals surface area contributed by atoms with Gasteiger partial charge < -0.3 is 9.72 Å². The first kappa shape index (κ1) is 13.1. The molecule has 0 aliphatic carbocycles. The van der Waals surface area contributed by atoms with Crippen molar-refractivity contribution in [3.8, 4) is 17.0 Å². The standard InChI is InChI=1S/C14H17BrN2O/c1-14(2,3)9-5-6-11(18-4)10(7-9)12-13(15)17-8-16-12/h5-8H,1-4H3,(H,16,17). The first-order chi connectivity index (χ1) is 8.43. The fourth-order valence-electron chi connectivity index (χ4n) is 1.83. The topological polar surface area (TPSA) is 37.9 Å². The number of aromatic amines is 1. The van der Waals surface area contributed by atoms with Crippen LogP contribution in [-0.2, 0) is 5.41 Å². The molecular weight excluding hydrogens is 292 g/mol. The maximum absolute atomic E-state index is 5.42. The highest BCUT2D eigenvalue weighted by molar-refractivity contribution is 9.10. The molecule has 0 saturated carbocycles. The lowest BCUT2D eigenvalue weighted by molar-refractivity contribution is 0.415. The number of aromatic nitrogens is 2. The van der Waals surface area contributed by atoms with E-state index in [1.807, 2.05) is 6.07 Å². The van der Waals surface area contributed by atoms with Gasteiger partial charge >= 0.3 is 0 Å². The smallest absolute Gasteiger partial charge is 0.128 e. The summed E-state index contributed by atoms with van der Waals surface area (Å²) in [7, 11) is 1.68. The van der Waals surface area contributed by atoms with Crippen LogP contribution in [0.1, 0.15) is 26.3 Å². The summed E-state index contributed by atoms with van der Waals surface area (Å²) in [5.41, 5.74) is 3.23. The number of methoxy groups -OCH3 is 1. The van der Waals surface area contributed by atoms with Gasteiger partial charge in [0.25, 0.3) is 0 Å². The molecule has 0 radical (unpaired) electrons. The number of nitrogens with one attached hydrogen (secondary N) is 1. The van der Waals surface area contributed by atoms with Crippen molar-refractivity contribution in [1.29, 1.82) is 0 Å². The lowest BCUT2D eigenvalue weighted by atomic mass is 9.86. The Morgan fingerprint density at radius 3 is 2.50 bits per heavy atom. The zero-order valence-corrected chi connectivity index (χ0v) is 12.6. The van der Waals surface area contributed by atoms with E-state index in [1.165, 1.54) is 5.56 Å². The van der Waals surface area contributed by atoms with Crippen molar-refractivity contribution in [1.82, 2.24) is 9.97 Å². The molecule has 18 heavy (non-hydrogen) atoms. The van der Waals surface area contributed by atoms with Crippen LogP contribution in [0.3, 0.4) is 0 Å². The Balaban J connectivity index is 2.61. The number of rotatable bonds is 2. The molecule has 0 atom stereocenters. The number of ether oxygens (including phenoxy) is 1. The summed E-state index contributed by atoms with van der Waals surface area (Å²) in [4.78, 5) is 7.36. The van der Waals surface area contributed by atoms with E-state index in [4.69, 9.17) is 4.74 Å². The molecule has 4 heteroatoms. The van der Waals surface area contributed by atoms with Gasteiger partial charge in [-0.1, -0.05) is 26.8 Å². The SMILES string of the molecule is COc1ccc(C(C)(C)C)cc1-c1nc[nH]c1Br. The van der Waals surface area contributed by atoms with Crippen LogP contribution in [0.4, 0.5) is 0 Å². The van der Waals surface area contributed by atoms with E-state index in [0.717, 1.165) is 21.6 Å². The molecule has 0 saturated heterocycles. The van der Waals surface area contributed by atoms with E-state index in [0.29, 0.717) is 0 Å². The summed E-state index contributed by atoms with van der Waals surface area (Å²) >= 11 is 3.47. The van der Waals surface area contributed by atoms with Gasteiger partial charge in [-0.3, -0.25) is 0 Å². The van der Waals surface area contributed by atoms with Crippen LogP contribution in [-0.4, -0.2) is 17.1 Å². The molecule has 3 nitrogen and oxygen atoms in total. The number of nitrogens with zero attached hydrogens (tertiary/aromatic N) is 1. The van der Waals surface area contributed by atoms with E-state index < -0.39 is 0 Å². The molecule has 0 spiro atoms. The molecule has 1 heterocycles. The third-order valence-electron chi connectivity index (χ3n) is 2.91. The average molecular weight is 309 g/mol. The first-order valence-electron chi connectivity index (χ1n) is 5.81. The molecular formula is C14H17BrN2O. The zero-order valence-electron chi connectivity index (χ0n) is 11.0. The van der Waals surface area contributed by atoms with E-state index >= 15 is 0 Å². The second kappa shape index (κ2) is 4.76. The van der Waals surface area contributed by atoms with Crippen molar-refractivity contribution in [2.24, 2.45) is 0 Å². The lowest BCUT2D eigenvalue weighted by Crippen LogP contribution is -2.11. The number of halogens is 1. The minimum atomic E-state index is 0.101. The Morgan fingerprint density at radius 2 is 2.00 bits per heavy atom. The van der Waals surface area contributed by atoms with Crippen LogP contribution in [0, 0.1) is 0 Å². The van der Waals surface area contributed by atoms with Gasteiger partial charge in [-0.2, -0.15) is 0 Å². The molecule has 0 amide bonds. The minimum absolute atomic E-state index is 0.101. The fraction of sp³-hybridized carbons (Fsp3) is 0.357. The molecule has 0 bridgehead atoms. The van der Waals surface area contributed by atoms with Crippen LogP contribution >= 0.6 is 15.9 Å². The third kappa shape index (κ3) is 2.43. The highest BCUT2D eigenvalue weighted by Crippen LogP contribution is 2.36. The van der Waals surface area contributed by atoms with Gasteiger partial charge in [0.15, 0.2) is 0 Å². The van der Waals surface area contributed by atoms with Gasteiger partial charge in [-0.05, 0) is 39.0 Å². The van der Waals surface area contributed by atoms with E-state index in [-0.39, 0.29) is 5.41 Å². The molecule has 1 aromatic heterocycles. The fourth-order valence-corrected chi connectivity index (χ4v) is 2.24. The second-order valence-corrected chi connectivity index (χ2v) is 6.02. The molecule has 0 fully saturated rings. The first-order valence-corrected chi connectivity index (χ1v) is 6.60. The minimum Gasteiger partial charge on any atom is -0.496 e. The molecule has 1 N–H and O–H groups in total. The molecule has 0 unspecified atom stereocenters. The Kier molecular flexibility index (Phi) is 3.48. The summed E-state index contributed by atoms with van der Waals surface area (Å²) in [5, 5.41) is 0. The van der Waals surface area contributed by atoms with Gasteiger partial charge in [0.05, 0.1) is 13.4 Å². The van der Waals surface area contributed by atoms with Gasteiger partial charge in [-0.25, -0.2) is 4.98 Å². The summed E-state index contributed by atoms with van der Waals surface area (Å²) in [5.74, 6) is 0.829. The van der Waals surface area contributed by atoms with Crippen LogP contribution < -0.4 is 4.74 Å². The van der Waals surface area contributed by atoms with Gasteiger partial charge in [0, 0.05) is 5.56 Å². The summed E-state index contributed by atoms with van der Waals surface area (Å²) < 4.78 is 6.28. The van der Waals surface area contributed by atoms with Crippen molar-refractivity contribution in [3.05, 3.63) is 34.7 Å². The molecule has 0 aliphatic rings. The molecule has 1 aromatic carbocycles. The highest BCUT2D eigenvalue weighted by atomic mass is 79.9. The predicted molar refractivity (Wildman–Crippen MR) is 77.0 cm³/mol. The maximum atomic E-state index is 5.42. The summed E-state index contributed by atoms with van der Waals surface area (Å²) in [6, 6.07) is 6.24. The summed E-state index contributed by atoms with van der Waals surface area (Å²) in [6.45, 7) is 6.58. The van der Waals surface area contributed by atoms with Crippen molar-refractivity contribution in [3.63, 3.8) is 0 Å². The monoisotopic (exact) mass is 308 g/mol. The van der Waals surface area contributed by atoms with Crippen LogP contribution in [0.15, 0.2) is 29.1 Å². The van der Waals surface area contributed by atoms with Crippen molar-refractivity contribution >= 4 is 15.9 Å². The Labute approximate surface area is 116 Å². The van der Waals surface area contributed by atoms with Crippen LogP contribution in [0.25, 0.3) is 11.3 Å². The second-order valence-electron chi connectivity index (χ2n) is 5.23. The Bertz CT molecular complexity index is 555. The van der Waals surface area contributed by atoms with Crippen LogP contribution in [0.2, 0.25) is 0 Å². The predicted octanol–water partition coefficient (Wildman–Crippen LogP) is 4.15. The number of H-pyrrole nitrogens is 1. The van der Waals surface area contributed by atoms with Gasteiger partial charge in [0.1, 0.15) is 16.0 Å². The van der Waals surface area contributed by atoms with E-state index in [2.05, 4.69) is 58.8 Å². The van der Waals surface area contributed by atoms with Crippen molar-refractivity contribution < 1.29 is 4.74 Å². The van der Waals surface area contributed by atoms with Crippen molar-refractivity contribution in [2.75, 3.05) is 7.11 Å². The molecule has 2 rings (SSSR count). The Morgan fingerprint density at radius 1 is 1.28 bits per heavy atom. The number of benzene rings is 1. The van der Waals surface area contributed by atoms with Gasteiger partial charge in [0.2, 0.25) is 0 Å². The normalized spacial score (nSPS) is 11.6. The lowest BCUT2D eigenvalue weighted by Gasteiger charge is -2.20. The third-order valence-corrected chi connectivity index (χ3v) is 3.52. The largest absolute Gasteiger partial charge is 0.496 e. The quantitative estimate of drug-likeness (QED) is 0.905. The van der Waals surface area contributed by atoms with Crippen LogP contribution in [0.5, 0.6) is 5.75 Å². The maximum Gasteiger partial charge on any atom is 0.128 e. The van der Waals surface area contributed by atoms with E-state index in [9.17, 15) is 0 Å². The highest BCUT2D eigenvalue weighted by Gasteiger charge is 2.18. The van der Waals surface area contributed by atoms with Gasteiger partial charge in [-0.15, -0.1) is 0 Å². The number of hydrogen-bond donors (Lipinski definition) is 1. The molecule has 96 valence electrons. The Hall–Kier alpha value is -1.29. The average Bonchev–Trinajstić information content (AvgIpc) is 2.73. The van der Waals surface area contributed by atoms with Crippen molar-refractivity contribution in [2.45, 2.75) is 26.2 Å². The van der Waals surface area contributed by atoms with E-state index in [1.54, 1.807) is 13.4 Å². The number of hydrogen-bond acceptors (Lipinski definition) is 2. The summed E-state index contributed by atoms with van der Waals surface area (Å²) in [6.07, 6.45) is 1.67. The number of imidazole rings is 1. The zero-order chi connectivity index (χ0) is 13.3. The molecule has 0 aliphatic heterocycles.